The van der Waals surface area contributed by atoms with E-state index in [2.05, 4.69) is 4.98 Å². The van der Waals surface area contributed by atoms with Crippen molar-refractivity contribution in [2.24, 2.45) is 0 Å². The Hall–Kier alpha value is -1.20. The van der Waals surface area contributed by atoms with Crippen molar-refractivity contribution < 1.29 is 9.84 Å². The molecule has 5 nitrogen and oxygen atoms in total. The van der Waals surface area contributed by atoms with Crippen LogP contribution in [0.15, 0.2) is 23.3 Å². The lowest BCUT2D eigenvalue weighted by Gasteiger charge is -2.03. The fraction of sp³-hybridized carbons (Fsp3) is 0.429. The third-order valence-electron chi connectivity index (χ3n) is 1.25. The Balaban J connectivity index is 2.52. The fourth-order valence-electron chi connectivity index (χ4n) is 0.713. The van der Waals surface area contributed by atoms with Crippen LogP contribution in [-0.2, 0) is 11.5 Å². The zero-order valence-corrected chi connectivity index (χ0v) is 6.51. The van der Waals surface area contributed by atoms with E-state index in [0.717, 1.165) is 0 Å². The normalized spacial score (nSPS) is 10.1. The largest absolute Gasteiger partial charge is 0.394 e. The van der Waals surface area contributed by atoms with Crippen LogP contribution in [-0.4, -0.2) is 27.9 Å². The van der Waals surface area contributed by atoms with Crippen molar-refractivity contribution in [2.75, 3.05) is 13.2 Å². The van der Waals surface area contributed by atoms with E-state index in [9.17, 15) is 4.79 Å². The van der Waals surface area contributed by atoms with E-state index >= 15 is 0 Å². The van der Waals surface area contributed by atoms with Gasteiger partial charge < -0.3 is 9.84 Å². The van der Waals surface area contributed by atoms with Crippen molar-refractivity contribution in [1.82, 2.24) is 9.55 Å². The first-order valence-corrected chi connectivity index (χ1v) is 3.54. The van der Waals surface area contributed by atoms with Gasteiger partial charge in [-0.3, -0.25) is 4.57 Å². The number of ether oxygens (including phenoxy) is 1. The maximum atomic E-state index is 10.9. The van der Waals surface area contributed by atoms with Gasteiger partial charge in [-0.15, -0.1) is 0 Å². The summed E-state index contributed by atoms with van der Waals surface area (Å²) in [6.45, 7) is 0.309. The molecule has 0 aliphatic carbocycles. The van der Waals surface area contributed by atoms with Crippen molar-refractivity contribution >= 4 is 0 Å². The molecule has 0 bridgehead atoms. The van der Waals surface area contributed by atoms with E-state index in [0.29, 0.717) is 0 Å². The van der Waals surface area contributed by atoms with Gasteiger partial charge in [-0.25, -0.2) is 9.78 Å². The maximum Gasteiger partial charge on any atom is 0.349 e. The number of aromatic nitrogens is 2. The van der Waals surface area contributed by atoms with Crippen LogP contribution in [0.2, 0.25) is 0 Å². The van der Waals surface area contributed by atoms with Crippen molar-refractivity contribution in [3.8, 4) is 0 Å². The molecule has 0 saturated carbocycles. The van der Waals surface area contributed by atoms with E-state index in [4.69, 9.17) is 9.84 Å². The van der Waals surface area contributed by atoms with E-state index < -0.39 is 0 Å². The van der Waals surface area contributed by atoms with Crippen LogP contribution >= 0.6 is 0 Å². The monoisotopic (exact) mass is 170 g/mol. The molecule has 12 heavy (non-hydrogen) atoms. The number of nitrogens with zero attached hydrogens (tertiary/aromatic N) is 2. The van der Waals surface area contributed by atoms with Crippen LogP contribution in [0.1, 0.15) is 0 Å². The molecule has 0 aliphatic heterocycles. The minimum absolute atomic E-state index is 0.0466. The summed E-state index contributed by atoms with van der Waals surface area (Å²) in [5, 5.41) is 8.39. The number of aliphatic hydroxyl groups is 1. The molecule has 0 atom stereocenters. The van der Waals surface area contributed by atoms with E-state index in [1.165, 1.54) is 10.8 Å². The molecular weight excluding hydrogens is 160 g/mol. The van der Waals surface area contributed by atoms with Crippen molar-refractivity contribution in [3.05, 3.63) is 28.9 Å². The van der Waals surface area contributed by atoms with Crippen molar-refractivity contribution in [3.63, 3.8) is 0 Å². The molecule has 1 rings (SSSR count). The first-order chi connectivity index (χ1) is 5.84. The molecule has 1 heterocycles. The fourth-order valence-corrected chi connectivity index (χ4v) is 0.713. The first-order valence-electron chi connectivity index (χ1n) is 3.54. The Kier molecular flexibility index (Phi) is 3.43. The molecule has 0 radical (unpaired) electrons. The summed E-state index contributed by atoms with van der Waals surface area (Å²) in [6.07, 6.45) is 3.00. The van der Waals surface area contributed by atoms with Crippen LogP contribution in [0.3, 0.4) is 0 Å². The molecular formula is C7H10N2O3. The second kappa shape index (κ2) is 4.63. The summed E-state index contributed by atoms with van der Waals surface area (Å²) < 4.78 is 6.24. The van der Waals surface area contributed by atoms with Gasteiger partial charge in [-0.1, -0.05) is 0 Å². The third-order valence-corrected chi connectivity index (χ3v) is 1.25. The van der Waals surface area contributed by atoms with Crippen molar-refractivity contribution in [1.29, 1.82) is 0 Å². The summed E-state index contributed by atoms with van der Waals surface area (Å²) in [6, 6.07) is 1.64. The molecule has 1 aromatic rings. The predicted molar refractivity (Wildman–Crippen MR) is 41.5 cm³/mol. The van der Waals surface area contributed by atoms with Crippen LogP contribution in [0.5, 0.6) is 0 Å². The Morgan fingerprint density at radius 2 is 2.50 bits per heavy atom. The Bertz CT molecular complexity index is 284. The molecule has 0 spiro atoms. The van der Waals surface area contributed by atoms with Crippen LogP contribution < -0.4 is 5.69 Å². The minimum atomic E-state index is -0.351. The average molecular weight is 170 g/mol. The zero-order valence-electron chi connectivity index (χ0n) is 6.51. The lowest BCUT2D eigenvalue weighted by atomic mass is 10.7. The molecule has 0 saturated heterocycles. The highest BCUT2D eigenvalue weighted by Gasteiger charge is 1.92. The minimum Gasteiger partial charge on any atom is -0.394 e. The molecule has 1 aromatic heterocycles. The third kappa shape index (κ3) is 2.44. The Labute approximate surface area is 69.2 Å². The molecule has 0 aromatic carbocycles. The van der Waals surface area contributed by atoms with Gasteiger partial charge in [-0.2, -0.15) is 0 Å². The second-order valence-corrected chi connectivity index (χ2v) is 2.13. The predicted octanol–water partition coefficient (Wildman–Crippen LogP) is -0.790. The molecule has 0 aliphatic rings. The van der Waals surface area contributed by atoms with Crippen LogP contribution in [0, 0.1) is 0 Å². The van der Waals surface area contributed by atoms with Gasteiger partial charge in [0, 0.05) is 12.4 Å². The molecule has 0 unspecified atom stereocenters. The first kappa shape index (κ1) is 8.89. The highest BCUT2D eigenvalue weighted by molar-refractivity contribution is 4.79. The standard InChI is InChI=1S/C7H10N2O3/c10-4-5-12-6-9-3-1-2-8-7(9)11/h1-3,10H,4-6H2. The maximum absolute atomic E-state index is 10.9. The lowest BCUT2D eigenvalue weighted by Crippen LogP contribution is -2.23. The molecule has 5 heteroatoms. The van der Waals surface area contributed by atoms with E-state index in [1.807, 2.05) is 0 Å². The SMILES string of the molecule is O=c1ncccn1COCCO. The van der Waals surface area contributed by atoms with Gasteiger partial charge in [0.05, 0.1) is 13.2 Å². The van der Waals surface area contributed by atoms with Gasteiger partial charge >= 0.3 is 5.69 Å². The number of aliphatic hydroxyl groups excluding tert-OH is 1. The summed E-state index contributed by atoms with van der Waals surface area (Å²) in [5.41, 5.74) is -0.351. The van der Waals surface area contributed by atoms with Gasteiger partial charge in [0.1, 0.15) is 6.73 Å². The van der Waals surface area contributed by atoms with Gasteiger partial charge in [0.15, 0.2) is 0 Å². The smallest absolute Gasteiger partial charge is 0.349 e. The van der Waals surface area contributed by atoms with Gasteiger partial charge in [-0.05, 0) is 6.07 Å². The highest BCUT2D eigenvalue weighted by atomic mass is 16.5. The summed E-state index contributed by atoms with van der Waals surface area (Å²) in [7, 11) is 0. The lowest BCUT2D eigenvalue weighted by molar-refractivity contribution is 0.0457. The number of hydrogen-bond donors (Lipinski definition) is 1. The van der Waals surface area contributed by atoms with E-state index in [-0.39, 0.29) is 25.6 Å². The molecule has 66 valence electrons. The van der Waals surface area contributed by atoms with Crippen LogP contribution in [0.4, 0.5) is 0 Å². The quantitative estimate of drug-likeness (QED) is 0.601. The Morgan fingerprint density at radius 1 is 1.67 bits per heavy atom. The summed E-state index contributed by atoms with van der Waals surface area (Å²) in [4.78, 5) is 14.4. The molecule has 0 fully saturated rings. The topological polar surface area (TPSA) is 64.4 Å². The highest BCUT2D eigenvalue weighted by Crippen LogP contribution is 1.81. The molecule has 0 amide bonds. The van der Waals surface area contributed by atoms with E-state index in [1.54, 1.807) is 12.3 Å². The van der Waals surface area contributed by atoms with Crippen LogP contribution in [0.25, 0.3) is 0 Å². The second-order valence-electron chi connectivity index (χ2n) is 2.13. The van der Waals surface area contributed by atoms with Crippen molar-refractivity contribution in [2.45, 2.75) is 6.73 Å². The zero-order chi connectivity index (χ0) is 8.81. The Morgan fingerprint density at radius 3 is 3.17 bits per heavy atom. The summed E-state index contributed by atoms with van der Waals surface area (Å²) in [5.74, 6) is 0. The number of rotatable bonds is 4. The van der Waals surface area contributed by atoms with Gasteiger partial charge in [0.25, 0.3) is 0 Å². The molecule has 1 N–H and O–H groups in total. The van der Waals surface area contributed by atoms with Gasteiger partial charge in [0.2, 0.25) is 0 Å². The average Bonchev–Trinajstić information content (AvgIpc) is 2.09. The number of hydrogen-bond acceptors (Lipinski definition) is 4. The summed E-state index contributed by atoms with van der Waals surface area (Å²) >= 11 is 0.